The van der Waals surface area contributed by atoms with E-state index >= 15 is 0 Å². The predicted molar refractivity (Wildman–Crippen MR) is 67.8 cm³/mol. The van der Waals surface area contributed by atoms with E-state index in [1.54, 1.807) is 12.4 Å². The molecule has 1 heterocycles. The second kappa shape index (κ2) is 5.77. The Morgan fingerprint density at radius 1 is 1.41 bits per heavy atom. The minimum absolute atomic E-state index is 0.224. The van der Waals surface area contributed by atoms with Gasteiger partial charge in [-0.15, -0.1) is 0 Å². The van der Waals surface area contributed by atoms with Crippen molar-refractivity contribution in [1.82, 2.24) is 4.98 Å². The Kier molecular flexibility index (Phi) is 4.09. The standard InChI is InChI=1S/C13H19N3O/c1-10(11-3-2-8-15-9-11)16-17-13-6-4-12(14)5-7-13/h2-3,8-9,12-13H,4-7,14H2,1H3/t12-,13-. The maximum Gasteiger partial charge on any atom is 0.127 e. The van der Waals surface area contributed by atoms with Crippen LogP contribution >= 0.6 is 0 Å². The van der Waals surface area contributed by atoms with Crippen LogP contribution < -0.4 is 5.73 Å². The molecule has 4 heteroatoms. The maximum atomic E-state index is 5.84. The van der Waals surface area contributed by atoms with Gasteiger partial charge in [0.05, 0.1) is 5.71 Å². The molecule has 2 rings (SSSR count). The van der Waals surface area contributed by atoms with Gasteiger partial charge < -0.3 is 10.6 Å². The summed E-state index contributed by atoms with van der Waals surface area (Å²) in [5, 5.41) is 4.18. The number of hydrogen-bond donors (Lipinski definition) is 1. The number of aromatic nitrogens is 1. The van der Waals surface area contributed by atoms with Crippen LogP contribution in [0.4, 0.5) is 0 Å². The number of hydrogen-bond acceptors (Lipinski definition) is 4. The molecule has 1 fully saturated rings. The second-order valence-corrected chi connectivity index (χ2v) is 4.56. The molecule has 0 saturated heterocycles. The van der Waals surface area contributed by atoms with Crippen molar-refractivity contribution < 1.29 is 4.84 Å². The van der Waals surface area contributed by atoms with Crippen LogP contribution in [-0.2, 0) is 4.84 Å². The summed E-state index contributed by atoms with van der Waals surface area (Å²) in [4.78, 5) is 9.61. The first-order valence-electron chi connectivity index (χ1n) is 6.12. The SMILES string of the molecule is CC(=NO[C@H]1CC[C@H](N)CC1)c1cccnc1. The zero-order chi connectivity index (χ0) is 12.1. The summed E-state index contributed by atoms with van der Waals surface area (Å²) in [6.07, 6.45) is 7.84. The lowest BCUT2D eigenvalue weighted by atomic mass is 9.94. The predicted octanol–water partition coefficient (Wildman–Crippen LogP) is 2.09. The molecule has 0 atom stereocenters. The molecule has 0 aliphatic heterocycles. The smallest absolute Gasteiger partial charge is 0.127 e. The van der Waals surface area contributed by atoms with Crippen molar-refractivity contribution in [3.05, 3.63) is 30.1 Å². The Labute approximate surface area is 102 Å². The highest BCUT2D eigenvalue weighted by atomic mass is 16.6. The lowest BCUT2D eigenvalue weighted by Gasteiger charge is -2.24. The van der Waals surface area contributed by atoms with Gasteiger partial charge in [-0.2, -0.15) is 0 Å². The first-order chi connectivity index (χ1) is 8.25. The fourth-order valence-corrected chi connectivity index (χ4v) is 1.98. The maximum absolute atomic E-state index is 5.84. The molecule has 1 aliphatic rings. The molecular weight excluding hydrogens is 214 g/mol. The van der Waals surface area contributed by atoms with E-state index in [0.29, 0.717) is 6.04 Å². The Morgan fingerprint density at radius 2 is 2.18 bits per heavy atom. The van der Waals surface area contributed by atoms with Crippen molar-refractivity contribution in [1.29, 1.82) is 0 Å². The molecular formula is C13H19N3O. The second-order valence-electron chi connectivity index (χ2n) is 4.56. The largest absolute Gasteiger partial charge is 0.392 e. The van der Waals surface area contributed by atoms with Crippen molar-refractivity contribution in [3.8, 4) is 0 Å². The van der Waals surface area contributed by atoms with Gasteiger partial charge in [0.1, 0.15) is 6.10 Å². The van der Waals surface area contributed by atoms with Crippen molar-refractivity contribution in [2.24, 2.45) is 10.9 Å². The zero-order valence-electron chi connectivity index (χ0n) is 10.2. The van der Waals surface area contributed by atoms with Crippen molar-refractivity contribution in [2.45, 2.75) is 44.8 Å². The Bertz CT molecular complexity index is 370. The summed E-state index contributed by atoms with van der Waals surface area (Å²) in [5.41, 5.74) is 7.71. The van der Waals surface area contributed by atoms with E-state index in [1.807, 2.05) is 19.1 Å². The van der Waals surface area contributed by atoms with E-state index in [9.17, 15) is 0 Å². The van der Waals surface area contributed by atoms with Crippen LogP contribution in [0.25, 0.3) is 0 Å². The molecule has 1 aliphatic carbocycles. The van der Waals surface area contributed by atoms with Gasteiger partial charge >= 0.3 is 0 Å². The average molecular weight is 233 g/mol. The summed E-state index contributed by atoms with van der Waals surface area (Å²) < 4.78 is 0. The molecule has 4 nitrogen and oxygen atoms in total. The first kappa shape index (κ1) is 12.0. The Hall–Kier alpha value is -1.42. The summed E-state index contributed by atoms with van der Waals surface area (Å²) in [6.45, 7) is 1.94. The highest BCUT2D eigenvalue weighted by Crippen LogP contribution is 2.20. The van der Waals surface area contributed by atoms with Gasteiger partial charge in [0.25, 0.3) is 0 Å². The lowest BCUT2D eigenvalue weighted by Crippen LogP contribution is -2.29. The van der Waals surface area contributed by atoms with E-state index in [-0.39, 0.29) is 6.10 Å². The van der Waals surface area contributed by atoms with Gasteiger partial charge in [0.15, 0.2) is 0 Å². The van der Waals surface area contributed by atoms with Crippen LogP contribution in [-0.4, -0.2) is 22.8 Å². The third-order valence-electron chi connectivity index (χ3n) is 3.14. The number of pyridine rings is 1. The number of oxime groups is 1. The van der Waals surface area contributed by atoms with Crippen LogP contribution in [0, 0.1) is 0 Å². The molecule has 1 aromatic rings. The zero-order valence-corrected chi connectivity index (χ0v) is 10.2. The van der Waals surface area contributed by atoms with Crippen molar-refractivity contribution >= 4 is 5.71 Å². The highest BCUT2D eigenvalue weighted by Gasteiger charge is 2.19. The fraction of sp³-hybridized carbons (Fsp3) is 0.538. The monoisotopic (exact) mass is 233 g/mol. The van der Waals surface area contributed by atoms with Gasteiger partial charge in [0, 0.05) is 24.0 Å². The van der Waals surface area contributed by atoms with Crippen molar-refractivity contribution in [2.75, 3.05) is 0 Å². The first-order valence-corrected chi connectivity index (χ1v) is 6.12. The van der Waals surface area contributed by atoms with Crippen molar-refractivity contribution in [3.63, 3.8) is 0 Å². The van der Waals surface area contributed by atoms with Crippen LogP contribution in [0.2, 0.25) is 0 Å². The minimum atomic E-state index is 0.224. The normalized spacial score (nSPS) is 25.6. The van der Waals surface area contributed by atoms with Crippen LogP contribution in [0.3, 0.4) is 0 Å². The summed E-state index contributed by atoms with van der Waals surface area (Å²) in [7, 11) is 0. The van der Waals surface area contributed by atoms with Crippen LogP contribution in [0.5, 0.6) is 0 Å². The molecule has 0 amide bonds. The van der Waals surface area contributed by atoms with E-state index in [2.05, 4.69) is 10.1 Å². The summed E-state index contributed by atoms with van der Waals surface area (Å²) in [5.74, 6) is 0. The van der Waals surface area contributed by atoms with Gasteiger partial charge in [-0.05, 0) is 44.7 Å². The lowest BCUT2D eigenvalue weighted by molar-refractivity contribution is 0.0295. The number of nitrogens with zero attached hydrogens (tertiary/aromatic N) is 2. The van der Waals surface area contributed by atoms with E-state index in [1.165, 1.54) is 0 Å². The molecule has 0 unspecified atom stereocenters. The average Bonchev–Trinajstić information content (AvgIpc) is 2.39. The molecule has 0 spiro atoms. The summed E-state index contributed by atoms with van der Waals surface area (Å²) in [6, 6.07) is 4.22. The van der Waals surface area contributed by atoms with E-state index in [0.717, 1.165) is 37.0 Å². The van der Waals surface area contributed by atoms with Gasteiger partial charge in [0.2, 0.25) is 0 Å². The molecule has 1 saturated carbocycles. The Balaban J connectivity index is 1.88. The Morgan fingerprint density at radius 3 is 2.82 bits per heavy atom. The summed E-state index contributed by atoms with van der Waals surface area (Å²) >= 11 is 0. The number of nitrogens with two attached hydrogens (primary N) is 1. The third kappa shape index (κ3) is 3.53. The molecule has 0 aromatic carbocycles. The van der Waals surface area contributed by atoms with Crippen LogP contribution in [0.1, 0.15) is 38.2 Å². The van der Waals surface area contributed by atoms with Gasteiger partial charge in [-0.1, -0.05) is 5.16 Å². The topological polar surface area (TPSA) is 60.5 Å². The van der Waals surface area contributed by atoms with E-state index < -0.39 is 0 Å². The minimum Gasteiger partial charge on any atom is -0.392 e. The van der Waals surface area contributed by atoms with Gasteiger partial charge in [-0.3, -0.25) is 4.98 Å². The molecule has 1 aromatic heterocycles. The molecule has 0 bridgehead atoms. The highest BCUT2D eigenvalue weighted by molar-refractivity contribution is 5.97. The molecule has 0 radical (unpaired) electrons. The quantitative estimate of drug-likeness (QED) is 0.642. The van der Waals surface area contributed by atoms with E-state index in [4.69, 9.17) is 10.6 Å². The third-order valence-corrected chi connectivity index (χ3v) is 3.14. The fourth-order valence-electron chi connectivity index (χ4n) is 1.98. The number of rotatable bonds is 3. The molecule has 2 N–H and O–H groups in total. The molecule has 92 valence electrons. The molecule has 17 heavy (non-hydrogen) atoms. The van der Waals surface area contributed by atoms with Gasteiger partial charge in [-0.25, -0.2) is 0 Å². The van der Waals surface area contributed by atoms with Crippen LogP contribution in [0.15, 0.2) is 29.7 Å².